The number of aromatic nitrogens is 2. The Hall–Kier alpha value is -3.03. The predicted molar refractivity (Wildman–Crippen MR) is 90.5 cm³/mol. The van der Waals surface area contributed by atoms with E-state index < -0.39 is 17.6 Å². The number of pyridine rings is 1. The zero-order chi connectivity index (χ0) is 18.9. The van der Waals surface area contributed by atoms with E-state index in [1.807, 2.05) is 6.92 Å². The highest BCUT2D eigenvalue weighted by Gasteiger charge is 2.34. The van der Waals surface area contributed by atoms with Gasteiger partial charge in [-0.3, -0.25) is 9.20 Å². The maximum atomic E-state index is 13.1. The van der Waals surface area contributed by atoms with Crippen molar-refractivity contribution in [1.82, 2.24) is 9.38 Å². The predicted octanol–water partition coefficient (Wildman–Crippen LogP) is 4.31. The first-order valence-electron chi connectivity index (χ1n) is 7.91. The van der Waals surface area contributed by atoms with Crippen molar-refractivity contribution in [2.45, 2.75) is 20.0 Å². The van der Waals surface area contributed by atoms with Crippen molar-refractivity contribution in [2.24, 2.45) is 0 Å². The van der Waals surface area contributed by atoms with E-state index in [-0.39, 0.29) is 11.4 Å². The number of alkyl halides is 3. The molecule has 1 N–H and O–H groups in total. The van der Waals surface area contributed by atoms with Crippen molar-refractivity contribution in [3.8, 4) is 5.75 Å². The molecule has 136 valence electrons. The Labute approximate surface area is 147 Å². The number of hydrogen-bond acceptors (Lipinski definition) is 3. The van der Waals surface area contributed by atoms with Gasteiger partial charge in [0.25, 0.3) is 5.91 Å². The number of imidazole rings is 1. The van der Waals surface area contributed by atoms with E-state index in [1.54, 1.807) is 25.3 Å². The van der Waals surface area contributed by atoms with Crippen LogP contribution >= 0.6 is 0 Å². The van der Waals surface area contributed by atoms with E-state index in [0.717, 1.165) is 6.07 Å². The summed E-state index contributed by atoms with van der Waals surface area (Å²) in [5.41, 5.74) is -0.242. The molecule has 0 spiro atoms. The van der Waals surface area contributed by atoms with Gasteiger partial charge in [-0.15, -0.1) is 0 Å². The number of benzene rings is 1. The zero-order valence-corrected chi connectivity index (χ0v) is 14.1. The van der Waals surface area contributed by atoms with Crippen LogP contribution in [-0.4, -0.2) is 21.9 Å². The standard InChI is InChI=1S/C18H16F3N3O2/c1-3-26-14-9-6-10-24-15(11(2)22-16(14)24)17(25)23-13-8-5-4-7-12(13)18(19,20)21/h4-10H,3H2,1-2H3,(H,23,25). The fourth-order valence-electron chi connectivity index (χ4n) is 2.72. The summed E-state index contributed by atoms with van der Waals surface area (Å²) in [6, 6.07) is 8.23. The van der Waals surface area contributed by atoms with Gasteiger partial charge in [0.15, 0.2) is 11.4 Å². The van der Waals surface area contributed by atoms with E-state index in [0.29, 0.717) is 23.7 Å². The third-order valence-corrected chi connectivity index (χ3v) is 3.78. The number of hydrogen-bond donors (Lipinski definition) is 1. The molecule has 1 amide bonds. The molecule has 26 heavy (non-hydrogen) atoms. The minimum atomic E-state index is -4.57. The molecule has 3 aromatic rings. The van der Waals surface area contributed by atoms with Crippen LogP contribution < -0.4 is 10.1 Å². The van der Waals surface area contributed by atoms with Gasteiger partial charge in [0.1, 0.15) is 5.69 Å². The molecular weight excluding hydrogens is 347 g/mol. The van der Waals surface area contributed by atoms with Gasteiger partial charge in [0.05, 0.1) is 23.6 Å². The maximum Gasteiger partial charge on any atom is 0.418 e. The molecule has 5 nitrogen and oxygen atoms in total. The molecule has 0 aliphatic heterocycles. The summed E-state index contributed by atoms with van der Waals surface area (Å²) in [6.45, 7) is 3.86. The first-order valence-corrected chi connectivity index (χ1v) is 7.91. The summed E-state index contributed by atoms with van der Waals surface area (Å²) >= 11 is 0. The highest BCUT2D eigenvalue weighted by atomic mass is 19.4. The molecular formula is C18H16F3N3O2. The minimum Gasteiger partial charge on any atom is -0.490 e. The Balaban J connectivity index is 2.02. The Morgan fingerprint density at radius 3 is 2.65 bits per heavy atom. The number of aryl methyl sites for hydroxylation is 1. The molecule has 2 aromatic heterocycles. The number of para-hydroxylation sites is 1. The molecule has 0 bridgehead atoms. The number of anilines is 1. The summed E-state index contributed by atoms with van der Waals surface area (Å²) in [7, 11) is 0. The van der Waals surface area contributed by atoms with Gasteiger partial charge in [0.2, 0.25) is 0 Å². The molecule has 0 saturated heterocycles. The van der Waals surface area contributed by atoms with Crippen LogP contribution in [-0.2, 0) is 6.18 Å². The second kappa shape index (κ2) is 6.70. The van der Waals surface area contributed by atoms with Crippen LogP contribution in [0.5, 0.6) is 5.75 Å². The second-order valence-corrected chi connectivity index (χ2v) is 5.54. The number of amides is 1. The fraction of sp³-hybridized carbons (Fsp3) is 0.222. The largest absolute Gasteiger partial charge is 0.490 e. The van der Waals surface area contributed by atoms with Crippen LogP contribution in [0, 0.1) is 6.92 Å². The van der Waals surface area contributed by atoms with Gasteiger partial charge in [-0.2, -0.15) is 13.2 Å². The van der Waals surface area contributed by atoms with Crippen molar-refractivity contribution in [3.05, 3.63) is 59.5 Å². The van der Waals surface area contributed by atoms with Crippen molar-refractivity contribution in [2.75, 3.05) is 11.9 Å². The third kappa shape index (κ3) is 3.22. The van der Waals surface area contributed by atoms with Crippen LogP contribution in [0.1, 0.15) is 28.7 Å². The topological polar surface area (TPSA) is 55.6 Å². The molecule has 0 radical (unpaired) electrons. The molecule has 0 unspecified atom stereocenters. The SMILES string of the molecule is CCOc1cccn2c(C(=O)Nc3ccccc3C(F)(F)F)c(C)nc12. The summed E-state index contributed by atoms with van der Waals surface area (Å²) < 4.78 is 46.4. The van der Waals surface area contributed by atoms with Gasteiger partial charge in [0, 0.05) is 6.20 Å². The highest BCUT2D eigenvalue weighted by molar-refractivity contribution is 6.05. The summed E-state index contributed by atoms with van der Waals surface area (Å²) in [5.74, 6) is -0.187. The fourth-order valence-corrected chi connectivity index (χ4v) is 2.72. The summed E-state index contributed by atoms with van der Waals surface area (Å²) in [4.78, 5) is 17.0. The molecule has 8 heteroatoms. The van der Waals surface area contributed by atoms with E-state index in [9.17, 15) is 18.0 Å². The number of carbonyl (C=O) groups excluding carboxylic acids is 1. The molecule has 0 fully saturated rings. The van der Waals surface area contributed by atoms with Crippen molar-refractivity contribution < 1.29 is 22.7 Å². The number of nitrogens with zero attached hydrogens (tertiary/aromatic N) is 2. The molecule has 3 rings (SSSR count). The highest BCUT2D eigenvalue weighted by Crippen LogP contribution is 2.35. The van der Waals surface area contributed by atoms with Crippen LogP contribution in [0.3, 0.4) is 0 Å². The Bertz CT molecular complexity index is 964. The molecule has 0 saturated carbocycles. The first kappa shape index (κ1) is 17.8. The van der Waals surface area contributed by atoms with Crippen LogP contribution in [0.4, 0.5) is 18.9 Å². The lowest BCUT2D eigenvalue weighted by Gasteiger charge is -2.13. The quantitative estimate of drug-likeness (QED) is 0.751. The van der Waals surface area contributed by atoms with E-state index in [4.69, 9.17) is 4.74 Å². The maximum absolute atomic E-state index is 13.1. The third-order valence-electron chi connectivity index (χ3n) is 3.78. The van der Waals surface area contributed by atoms with Crippen LogP contribution in [0.15, 0.2) is 42.6 Å². The number of carbonyl (C=O) groups is 1. The minimum absolute atomic E-state index is 0.151. The number of ether oxygens (including phenoxy) is 1. The Morgan fingerprint density at radius 2 is 1.96 bits per heavy atom. The second-order valence-electron chi connectivity index (χ2n) is 5.54. The number of nitrogens with one attached hydrogen (secondary N) is 1. The lowest BCUT2D eigenvalue weighted by Crippen LogP contribution is -2.19. The smallest absolute Gasteiger partial charge is 0.418 e. The molecule has 1 aromatic carbocycles. The van der Waals surface area contributed by atoms with E-state index >= 15 is 0 Å². The van der Waals surface area contributed by atoms with Crippen LogP contribution in [0.2, 0.25) is 0 Å². The van der Waals surface area contributed by atoms with Gasteiger partial charge in [-0.05, 0) is 38.1 Å². The van der Waals surface area contributed by atoms with E-state index in [1.165, 1.54) is 22.6 Å². The summed E-state index contributed by atoms with van der Waals surface area (Å²) in [6.07, 6.45) is -2.96. The molecule has 0 atom stereocenters. The van der Waals surface area contributed by atoms with Crippen LogP contribution in [0.25, 0.3) is 5.65 Å². The number of halogens is 3. The molecule has 2 heterocycles. The lowest BCUT2D eigenvalue weighted by atomic mass is 10.1. The number of rotatable bonds is 4. The van der Waals surface area contributed by atoms with Crippen molar-refractivity contribution in [1.29, 1.82) is 0 Å². The average molecular weight is 363 g/mol. The Kier molecular flexibility index (Phi) is 4.58. The van der Waals surface area contributed by atoms with Gasteiger partial charge in [-0.25, -0.2) is 4.98 Å². The van der Waals surface area contributed by atoms with E-state index in [2.05, 4.69) is 10.3 Å². The van der Waals surface area contributed by atoms with Crippen molar-refractivity contribution >= 4 is 17.2 Å². The molecule has 0 aliphatic rings. The first-order chi connectivity index (χ1) is 12.3. The van der Waals surface area contributed by atoms with Gasteiger partial charge < -0.3 is 10.1 Å². The summed E-state index contributed by atoms with van der Waals surface area (Å²) in [5, 5.41) is 2.34. The van der Waals surface area contributed by atoms with Gasteiger partial charge in [-0.1, -0.05) is 12.1 Å². The van der Waals surface area contributed by atoms with Crippen molar-refractivity contribution in [3.63, 3.8) is 0 Å². The normalized spacial score (nSPS) is 11.6. The zero-order valence-electron chi connectivity index (χ0n) is 14.1. The molecule has 0 aliphatic carbocycles. The average Bonchev–Trinajstić information content (AvgIpc) is 2.91. The number of fused-ring (bicyclic) bond motifs is 1. The lowest BCUT2D eigenvalue weighted by molar-refractivity contribution is -0.136. The Morgan fingerprint density at radius 1 is 1.23 bits per heavy atom. The monoisotopic (exact) mass is 363 g/mol. The van der Waals surface area contributed by atoms with Gasteiger partial charge >= 0.3 is 6.18 Å².